The van der Waals surface area contributed by atoms with Crippen LogP contribution in [-0.4, -0.2) is 29.5 Å². The molecule has 24 heavy (non-hydrogen) atoms. The summed E-state index contributed by atoms with van der Waals surface area (Å²) in [5, 5.41) is 13.4. The average molecular weight is 327 g/mol. The Morgan fingerprint density at radius 1 is 1.21 bits per heavy atom. The molecular formula is C17H25N7. The summed E-state index contributed by atoms with van der Waals surface area (Å²) in [4.78, 5) is 9.26. The number of nitrogens with zero attached hydrogens (tertiary/aromatic N) is 6. The minimum atomic E-state index is 0.105. The second-order valence-electron chi connectivity index (χ2n) is 6.11. The number of rotatable bonds is 5. The predicted molar refractivity (Wildman–Crippen MR) is 95.1 cm³/mol. The molecule has 128 valence electrons. The number of aromatic nitrogens is 6. The summed E-state index contributed by atoms with van der Waals surface area (Å²) in [5.74, 6) is 1.65. The van der Waals surface area contributed by atoms with Crippen molar-refractivity contribution in [2.75, 3.05) is 5.32 Å². The smallest absolute Gasteiger partial charge is 0.163 e. The maximum absolute atomic E-state index is 4.68. The van der Waals surface area contributed by atoms with Crippen LogP contribution in [0.15, 0.2) is 6.20 Å². The van der Waals surface area contributed by atoms with Crippen molar-refractivity contribution in [3.63, 3.8) is 0 Å². The lowest BCUT2D eigenvalue weighted by molar-refractivity contribution is 0.632. The fourth-order valence-corrected chi connectivity index (χ4v) is 3.26. The topological polar surface area (TPSA) is 73.5 Å². The van der Waals surface area contributed by atoms with Crippen LogP contribution in [0.3, 0.4) is 0 Å². The molecule has 3 heterocycles. The maximum atomic E-state index is 4.68. The minimum Gasteiger partial charge on any atom is -0.363 e. The van der Waals surface area contributed by atoms with Gasteiger partial charge < -0.3 is 5.32 Å². The third-order valence-corrected chi connectivity index (χ3v) is 4.48. The minimum absolute atomic E-state index is 0.105. The van der Waals surface area contributed by atoms with Gasteiger partial charge in [-0.3, -0.25) is 9.36 Å². The molecule has 0 aliphatic rings. The van der Waals surface area contributed by atoms with Gasteiger partial charge in [0.1, 0.15) is 11.6 Å². The van der Waals surface area contributed by atoms with Gasteiger partial charge in [0.15, 0.2) is 5.65 Å². The molecule has 0 aromatic carbocycles. The molecule has 1 N–H and O–H groups in total. The second kappa shape index (κ2) is 6.22. The normalized spacial score (nSPS) is 12.8. The molecule has 0 bridgehead atoms. The SMILES string of the molecule is CCc1nc(N[C@H](C)c2c(C)nn(CC)c2C)c2cnn(C)c2n1. The third-order valence-electron chi connectivity index (χ3n) is 4.48. The number of nitrogens with one attached hydrogen (secondary N) is 1. The van der Waals surface area contributed by atoms with E-state index in [9.17, 15) is 0 Å². The number of hydrogen-bond donors (Lipinski definition) is 1. The molecule has 0 saturated carbocycles. The largest absolute Gasteiger partial charge is 0.363 e. The number of anilines is 1. The van der Waals surface area contributed by atoms with Crippen molar-refractivity contribution in [1.29, 1.82) is 0 Å². The fraction of sp³-hybridized carbons (Fsp3) is 0.529. The van der Waals surface area contributed by atoms with E-state index >= 15 is 0 Å². The summed E-state index contributed by atoms with van der Waals surface area (Å²) >= 11 is 0. The number of hydrogen-bond acceptors (Lipinski definition) is 5. The Kier molecular flexibility index (Phi) is 4.26. The first-order valence-electron chi connectivity index (χ1n) is 8.45. The Bertz CT molecular complexity index is 875. The highest BCUT2D eigenvalue weighted by atomic mass is 15.3. The third kappa shape index (κ3) is 2.64. The zero-order chi connectivity index (χ0) is 17.4. The van der Waals surface area contributed by atoms with Gasteiger partial charge in [0, 0.05) is 31.3 Å². The van der Waals surface area contributed by atoms with Crippen LogP contribution in [0.5, 0.6) is 0 Å². The zero-order valence-corrected chi connectivity index (χ0v) is 15.3. The molecule has 7 heteroatoms. The number of aryl methyl sites for hydroxylation is 4. The van der Waals surface area contributed by atoms with Crippen LogP contribution < -0.4 is 5.32 Å². The quantitative estimate of drug-likeness (QED) is 0.780. The van der Waals surface area contributed by atoms with Crippen molar-refractivity contribution < 1.29 is 0 Å². The Balaban J connectivity index is 2.02. The molecule has 0 spiro atoms. The van der Waals surface area contributed by atoms with Crippen molar-refractivity contribution >= 4 is 16.9 Å². The first-order valence-corrected chi connectivity index (χ1v) is 8.45. The fourth-order valence-electron chi connectivity index (χ4n) is 3.26. The molecule has 0 fully saturated rings. The summed E-state index contributed by atoms with van der Waals surface area (Å²) in [6.45, 7) is 11.4. The van der Waals surface area contributed by atoms with Gasteiger partial charge in [0.05, 0.1) is 23.3 Å². The second-order valence-corrected chi connectivity index (χ2v) is 6.11. The van der Waals surface area contributed by atoms with E-state index < -0.39 is 0 Å². The monoisotopic (exact) mass is 327 g/mol. The van der Waals surface area contributed by atoms with E-state index in [1.165, 1.54) is 11.3 Å². The van der Waals surface area contributed by atoms with Crippen LogP contribution in [0, 0.1) is 13.8 Å². The molecule has 0 saturated heterocycles. The molecule has 0 amide bonds. The van der Waals surface area contributed by atoms with Gasteiger partial charge in [-0.1, -0.05) is 6.92 Å². The molecular weight excluding hydrogens is 302 g/mol. The molecule has 7 nitrogen and oxygen atoms in total. The van der Waals surface area contributed by atoms with Crippen LogP contribution in [0.1, 0.15) is 49.6 Å². The lowest BCUT2D eigenvalue weighted by atomic mass is 10.1. The Labute approximate surface area is 142 Å². The average Bonchev–Trinajstić information content (AvgIpc) is 3.07. The van der Waals surface area contributed by atoms with Crippen LogP contribution in [0.25, 0.3) is 11.0 Å². The highest BCUT2D eigenvalue weighted by Gasteiger charge is 2.19. The van der Waals surface area contributed by atoms with Gasteiger partial charge in [0.2, 0.25) is 0 Å². The van der Waals surface area contributed by atoms with Gasteiger partial charge in [-0.05, 0) is 27.7 Å². The summed E-state index contributed by atoms with van der Waals surface area (Å²) in [7, 11) is 1.90. The molecule has 0 unspecified atom stereocenters. The van der Waals surface area contributed by atoms with E-state index in [0.29, 0.717) is 0 Å². The lowest BCUT2D eigenvalue weighted by Crippen LogP contribution is -2.12. The van der Waals surface area contributed by atoms with Gasteiger partial charge in [-0.15, -0.1) is 0 Å². The molecule has 0 aliphatic carbocycles. The zero-order valence-electron chi connectivity index (χ0n) is 15.3. The van der Waals surface area contributed by atoms with E-state index in [4.69, 9.17) is 0 Å². The lowest BCUT2D eigenvalue weighted by Gasteiger charge is -2.16. The van der Waals surface area contributed by atoms with Gasteiger partial charge in [-0.2, -0.15) is 10.2 Å². The van der Waals surface area contributed by atoms with E-state index in [1.54, 1.807) is 4.68 Å². The first kappa shape index (κ1) is 16.4. The standard InChI is InChI=1S/C17H25N7/c1-7-14-20-16(13-9-18-23(6)17(13)21-14)19-10(3)15-11(4)22-24(8-2)12(15)5/h9-10H,7-8H2,1-6H3,(H,19,20,21)/t10-/m1/s1. The van der Waals surface area contributed by atoms with E-state index in [0.717, 1.165) is 41.3 Å². The Morgan fingerprint density at radius 3 is 2.58 bits per heavy atom. The van der Waals surface area contributed by atoms with Crippen molar-refractivity contribution in [2.45, 2.75) is 53.6 Å². The Hall–Kier alpha value is -2.44. The van der Waals surface area contributed by atoms with Crippen molar-refractivity contribution in [1.82, 2.24) is 29.5 Å². The molecule has 0 aliphatic heterocycles. The van der Waals surface area contributed by atoms with E-state index in [-0.39, 0.29) is 6.04 Å². The molecule has 0 radical (unpaired) electrons. The molecule has 3 aromatic heterocycles. The van der Waals surface area contributed by atoms with E-state index in [1.807, 2.05) is 17.9 Å². The van der Waals surface area contributed by atoms with Crippen molar-refractivity contribution in [3.05, 3.63) is 29.0 Å². The van der Waals surface area contributed by atoms with Crippen LogP contribution in [0.2, 0.25) is 0 Å². The first-order chi connectivity index (χ1) is 11.5. The summed E-state index contributed by atoms with van der Waals surface area (Å²) in [6, 6.07) is 0.105. The Morgan fingerprint density at radius 2 is 1.96 bits per heavy atom. The van der Waals surface area contributed by atoms with E-state index in [2.05, 4.69) is 60.1 Å². The summed E-state index contributed by atoms with van der Waals surface area (Å²) in [6.07, 6.45) is 2.61. The maximum Gasteiger partial charge on any atom is 0.163 e. The van der Waals surface area contributed by atoms with Crippen molar-refractivity contribution in [2.24, 2.45) is 7.05 Å². The summed E-state index contributed by atoms with van der Waals surface area (Å²) < 4.78 is 3.83. The van der Waals surface area contributed by atoms with Crippen LogP contribution in [-0.2, 0) is 20.0 Å². The van der Waals surface area contributed by atoms with Crippen LogP contribution in [0.4, 0.5) is 5.82 Å². The van der Waals surface area contributed by atoms with Gasteiger partial charge in [-0.25, -0.2) is 9.97 Å². The number of fused-ring (bicyclic) bond motifs is 1. The summed E-state index contributed by atoms with van der Waals surface area (Å²) in [5.41, 5.74) is 4.34. The highest BCUT2D eigenvalue weighted by Crippen LogP contribution is 2.28. The molecule has 1 atom stereocenters. The highest BCUT2D eigenvalue weighted by molar-refractivity contribution is 5.86. The molecule has 3 aromatic rings. The van der Waals surface area contributed by atoms with Crippen molar-refractivity contribution in [3.8, 4) is 0 Å². The molecule has 3 rings (SSSR count). The van der Waals surface area contributed by atoms with Gasteiger partial charge >= 0.3 is 0 Å². The van der Waals surface area contributed by atoms with Gasteiger partial charge in [0.25, 0.3) is 0 Å². The van der Waals surface area contributed by atoms with Crippen LogP contribution >= 0.6 is 0 Å². The predicted octanol–water partition coefficient (Wildman–Crippen LogP) is 2.93.